The van der Waals surface area contributed by atoms with Crippen molar-refractivity contribution in [3.8, 4) is 0 Å². The molecule has 1 atom stereocenters. The van der Waals surface area contributed by atoms with Crippen LogP contribution in [0.2, 0.25) is 0 Å². The number of amides is 1. The van der Waals surface area contributed by atoms with Crippen molar-refractivity contribution >= 4 is 5.91 Å². The van der Waals surface area contributed by atoms with E-state index in [2.05, 4.69) is 39.4 Å². The first-order valence-electron chi connectivity index (χ1n) is 10.3. The second kappa shape index (κ2) is 8.84. The van der Waals surface area contributed by atoms with Gasteiger partial charge in [-0.25, -0.2) is 4.39 Å². The van der Waals surface area contributed by atoms with E-state index in [1.807, 2.05) is 6.07 Å². The summed E-state index contributed by atoms with van der Waals surface area (Å²) in [6, 6.07) is 16.9. The monoisotopic (exact) mass is 381 g/mol. The molecule has 0 bridgehead atoms. The van der Waals surface area contributed by atoms with Crippen molar-refractivity contribution in [1.82, 2.24) is 15.1 Å². The van der Waals surface area contributed by atoms with E-state index in [-0.39, 0.29) is 17.8 Å². The Morgan fingerprint density at radius 1 is 1.00 bits per heavy atom. The zero-order chi connectivity index (χ0) is 19.3. The Morgan fingerprint density at radius 3 is 2.32 bits per heavy atom. The third-order valence-electron chi connectivity index (χ3n) is 5.69. The molecule has 28 heavy (non-hydrogen) atoms. The van der Waals surface area contributed by atoms with Gasteiger partial charge in [0.2, 0.25) is 5.91 Å². The van der Waals surface area contributed by atoms with E-state index >= 15 is 0 Å². The van der Waals surface area contributed by atoms with Crippen molar-refractivity contribution in [2.45, 2.75) is 31.3 Å². The van der Waals surface area contributed by atoms with Gasteiger partial charge in [-0.1, -0.05) is 42.5 Å². The van der Waals surface area contributed by atoms with Gasteiger partial charge in [-0.15, -0.1) is 0 Å². The molecular formula is C23H28FN3O. The SMILES string of the molecule is O=C(NC1CC1)C(c1ccc(F)cc1)N1CCN(CCc2ccccc2)CC1. The van der Waals surface area contributed by atoms with Crippen molar-refractivity contribution in [3.05, 3.63) is 71.5 Å². The largest absolute Gasteiger partial charge is 0.352 e. The molecule has 148 valence electrons. The minimum Gasteiger partial charge on any atom is -0.352 e. The smallest absolute Gasteiger partial charge is 0.242 e. The molecule has 1 saturated carbocycles. The van der Waals surface area contributed by atoms with E-state index in [0.717, 1.165) is 57.5 Å². The van der Waals surface area contributed by atoms with E-state index < -0.39 is 0 Å². The van der Waals surface area contributed by atoms with Crippen LogP contribution in [0, 0.1) is 5.82 Å². The maximum Gasteiger partial charge on any atom is 0.242 e. The molecule has 1 heterocycles. The zero-order valence-corrected chi connectivity index (χ0v) is 16.2. The highest BCUT2D eigenvalue weighted by Crippen LogP contribution is 2.26. The molecule has 1 aliphatic heterocycles. The van der Waals surface area contributed by atoms with Gasteiger partial charge in [-0.3, -0.25) is 9.69 Å². The van der Waals surface area contributed by atoms with Gasteiger partial charge < -0.3 is 10.2 Å². The fourth-order valence-electron chi connectivity index (χ4n) is 3.86. The Kier molecular flexibility index (Phi) is 6.03. The standard InChI is InChI=1S/C23H28FN3O/c24-20-8-6-19(7-9-20)22(23(28)25-21-10-11-21)27-16-14-26(15-17-27)13-12-18-4-2-1-3-5-18/h1-9,21-22H,10-17H2,(H,25,28). The van der Waals surface area contributed by atoms with E-state index in [4.69, 9.17) is 0 Å². The molecule has 1 saturated heterocycles. The van der Waals surface area contributed by atoms with Crippen LogP contribution >= 0.6 is 0 Å². The highest BCUT2D eigenvalue weighted by Gasteiger charge is 2.33. The predicted molar refractivity (Wildman–Crippen MR) is 108 cm³/mol. The van der Waals surface area contributed by atoms with Crippen LogP contribution in [0.5, 0.6) is 0 Å². The summed E-state index contributed by atoms with van der Waals surface area (Å²) in [7, 11) is 0. The van der Waals surface area contributed by atoms with Crippen molar-refractivity contribution in [2.75, 3.05) is 32.7 Å². The van der Waals surface area contributed by atoms with Crippen LogP contribution in [-0.4, -0.2) is 54.5 Å². The number of piperazine rings is 1. The number of nitrogens with one attached hydrogen (secondary N) is 1. The fourth-order valence-corrected chi connectivity index (χ4v) is 3.86. The Hall–Kier alpha value is -2.24. The molecule has 1 unspecified atom stereocenters. The van der Waals surface area contributed by atoms with Crippen LogP contribution in [0.4, 0.5) is 4.39 Å². The Morgan fingerprint density at radius 2 is 1.68 bits per heavy atom. The molecular weight excluding hydrogens is 353 g/mol. The molecule has 1 amide bonds. The lowest BCUT2D eigenvalue weighted by Gasteiger charge is -2.39. The molecule has 2 aromatic carbocycles. The Balaban J connectivity index is 1.37. The van der Waals surface area contributed by atoms with E-state index in [1.54, 1.807) is 12.1 Å². The maximum atomic E-state index is 13.4. The number of carbonyl (C=O) groups excluding carboxylic acids is 1. The number of carbonyl (C=O) groups is 1. The summed E-state index contributed by atoms with van der Waals surface area (Å²) in [5, 5.41) is 3.13. The van der Waals surface area contributed by atoms with Gasteiger partial charge in [0.1, 0.15) is 11.9 Å². The first-order chi connectivity index (χ1) is 13.7. The number of hydrogen-bond donors (Lipinski definition) is 1. The molecule has 4 nitrogen and oxygen atoms in total. The number of rotatable bonds is 7. The summed E-state index contributed by atoms with van der Waals surface area (Å²) in [5.74, 6) is -0.220. The minimum absolute atomic E-state index is 0.0480. The summed E-state index contributed by atoms with van der Waals surface area (Å²) in [4.78, 5) is 17.6. The molecule has 0 radical (unpaired) electrons. The number of hydrogen-bond acceptors (Lipinski definition) is 3. The van der Waals surface area contributed by atoms with Gasteiger partial charge in [0.15, 0.2) is 0 Å². The lowest BCUT2D eigenvalue weighted by atomic mass is 10.0. The maximum absolute atomic E-state index is 13.4. The van der Waals surface area contributed by atoms with Crippen molar-refractivity contribution in [2.24, 2.45) is 0 Å². The van der Waals surface area contributed by atoms with Crippen LogP contribution < -0.4 is 5.32 Å². The van der Waals surface area contributed by atoms with Crippen LogP contribution in [0.3, 0.4) is 0 Å². The van der Waals surface area contributed by atoms with Crippen LogP contribution in [0.1, 0.15) is 30.0 Å². The quantitative estimate of drug-likeness (QED) is 0.801. The molecule has 2 aromatic rings. The van der Waals surface area contributed by atoms with Crippen LogP contribution in [-0.2, 0) is 11.2 Å². The Bertz CT molecular complexity index is 768. The second-order valence-electron chi connectivity index (χ2n) is 7.85. The third kappa shape index (κ3) is 4.97. The summed E-state index contributed by atoms with van der Waals surface area (Å²) in [6.07, 6.45) is 3.18. The lowest BCUT2D eigenvalue weighted by Crippen LogP contribution is -2.51. The second-order valence-corrected chi connectivity index (χ2v) is 7.85. The normalized spacial score (nSPS) is 19.3. The molecule has 2 aliphatic rings. The number of nitrogens with zero attached hydrogens (tertiary/aromatic N) is 2. The average Bonchev–Trinajstić information content (AvgIpc) is 3.54. The highest BCUT2D eigenvalue weighted by molar-refractivity contribution is 5.83. The van der Waals surface area contributed by atoms with E-state index in [9.17, 15) is 9.18 Å². The summed E-state index contributed by atoms with van der Waals surface area (Å²) in [5.41, 5.74) is 2.23. The minimum atomic E-state index is -0.336. The summed E-state index contributed by atoms with van der Waals surface area (Å²) in [6.45, 7) is 4.61. The molecule has 5 heteroatoms. The summed E-state index contributed by atoms with van der Waals surface area (Å²) < 4.78 is 13.4. The topological polar surface area (TPSA) is 35.6 Å². The van der Waals surface area contributed by atoms with Crippen molar-refractivity contribution in [1.29, 1.82) is 0 Å². The lowest BCUT2D eigenvalue weighted by molar-refractivity contribution is -0.127. The van der Waals surface area contributed by atoms with Gasteiger partial charge in [-0.2, -0.15) is 0 Å². The number of halogens is 1. The van der Waals surface area contributed by atoms with Gasteiger partial charge in [0, 0.05) is 38.8 Å². The molecule has 0 aromatic heterocycles. The van der Waals surface area contributed by atoms with E-state index in [0.29, 0.717) is 6.04 Å². The first kappa shape index (κ1) is 19.1. The van der Waals surface area contributed by atoms with Gasteiger partial charge in [0.05, 0.1) is 0 Å². The first-order valence-corrected chi connectivity index (χ1v) is 10.3. The molecule has 1 N–H and O–H groups in total. The number of benzene rings is 2. The van der Waals surface area contributed by atoms with Crippen LogP contribution in [0.25, 0.3) is 0 Å². The Labute approximate surface area is 166 Å². The van der Waals surface area contributed by atoms with Gasteiger partial charge in [0.25, 0.3) is 0 Å². The average molecular weight is 381 g/mol. The zero-order valence-electron chi connectivity index (χ0n) is 16.2. The third-order valence-corrected chi connectivity index (χ3v) is 5.69. The summed E-state index contributed by atoms with van der Waals surface area (Å²) >= 11 is 0. The van der Waals surface area contributed by atoms with Gasteiger partial charge >= 0.3 is 0 Å². The highest BCUT2D eigenvalue weighted by atomic mass is 19.1. The van der Waals surface area contributed by atoms with Gasteiger partial charge in [-0.05, 0) is 42.5 Å². The van der Waals surface area contributed by atoms with Crippen molar-refractivity contribution in [3.63, 3.8) is 0 Å². The predicted octanol–water partition coefficient (Wildman–Crippen LogP) is 3.01. The molecule has 2 fully saturated rings. The molecule has 1 aliphatic carbocycles. The van der Waals surface area contributed by atoms with E-state index in [1.165, 1.54) is 17.7 Å². The van der Waals surface area contributed by atoms with Crippen LogP contribution in [0.15, 0.2) is 54.6 Å². The molecule has 0 spiro atoms. The van der Waals surface area contributed by atoms with Crippen molar-refractivity contribution < 1.29 is 9.18 Å². The fraction of sp³-hybridized carbons (Fsp3) is 0.435. The molecule has 4 rings (SSSR count).